The molecule has 1 unspecified atom stereocenters. The number of aromatic nitrogens is 2. The normalized spacial score (nSPS) is 12.4. The molecule has 1 aromatic heterocycles. The molecule has 110 valence electrons. The van der Waals surface area contributed by atoms with E-state index in [1.165, 1.54) is 16.7 Å². The van der Waals surface area contributed by atoms with E-state index in [2.05, 4.69) is 48.9 Å². The van der Waals surface area contributed by atoms with Gasteiger partial charge in [-0.25, -0.2) is 4.98 Å². The van der Waals surface area contributed by atoms with Gasteiger partial charge in [0.2, 0.25) is 0 Å². The highest BCUT2D eigenvalue weighted by molar-refractivity contribution is 7.79. The third kappa shape index (κ3) is 5.12. The standard InChI is InChI=1S/C13H16N2.H2O4S/c1-9-5-4-6-12(10(9)2)11(3)13-7-14-8-15-13;1-5(2,3)4/h4-8,11H,1-3H3,(H,14,15);(H2,1,2,3,4). The van der Waals surface area contributed by atoms with Crippen molar-refractivity contribution in [3.05, 3.63) is 53.1 Å². The molecule has 0 amide bonds. The molecular formula is C13H18N2O4S. The van der Waals surface area contributed by atoms with Crippen LogP contribution in [0.3, 0.4) is 0 Å². The van der Waals surface area contributed by atoms with Gasteiger partial charge in [-0.1, -0.05) is 25.1 Å². The van der Waals surface area contributed by atoms with Crippen LogP contribution in [0.4, 0.5) is 0 Å². The molecule has 0 fully saturated rings. The first-order chi connectivity index (χ1) is 9.20. The minimum absolute atomic E-state index is 0.358. The monoisotopic (exact) mass is 298 g/mol. The SMILES string of the molecule is Cc1cccc(C(C)c2c[nH]cn2)c1C.O=S(=O)(O)O. The number of imidazole rings is 1. The minimum Gasteiger partial charge on any atom is -0.351 e. The van der Waals surface area contributed by atoms with Crippen molar-refractivity contribution in [3.8, 4) is 0 Å². The van der Waals surface area contributed by atoms with Crippen LogP contribution >= 0.6 is 0 Å². The average molecular weight is 298 g/mol. The van der Waals surface area contributed by atoms with Crippen molar-refractivity contribution in [1.82, 2.24) is 9.97 Å². The van der Waals surface area contributed by atoms with Gasteiger partial charge in [0.1, 0.15) is 0 Å². The summed E-state index contributed by atoms with van der Waals surface area (Å²) < 4.78 is 31.6. The highest BCUT2D eigenvalue weighted by Gasteiger charge is 2.12. The van der Waals surface area contributed by atoms with Crippen LogP contribution in [0.15, 0.2) is 30.7 Å². The molecule has 3 N–H and O–H groups in total. The molecule has 0 bridgehead atoms. The molecule has 2 aromatic rings. The van der Waals surface area contributed by atoms with Crippen LogP contribution in [0.25, 0.3) is 0 Å². The highest BCUT2D eigenvalue weighted by Crippen LogP contribution is 2.26. The number of benzene rings is 1. The molecule has 0 saturated carbocycles. The molecule has 6 nitrogen and oxygen atoms in total. The Balaban J connectivity index is 0.000000347. The lowest BCUT2D eigenvalue weighted by Crippen LogP contribution is -2.00. The molecule has 0 aliphatic heterocycles. The fourth-order valence-electron chi connectivity index (χ4n) is 1.91. The number of hydrogen-bond donors (Lipinski definition) is 3. The van der Waals surface area contributed by atoms with Crippen LogP contribution in [-0.4, -0.2) is 27.5 Å². The first kappa shape index (κ1) is 16.4. The fraction of sp³-hybridized carbons (Fsp3) is 0.308. The Hall–Kier alpha value is -1.70. The van der Waals surface area contributed by atoms with E-state index in [-0.39, 0.29) is 0 Å². The van der Waals surface area contributed by atoms with Gasteiger partial charge in [0.05, 0.1) is 12.0 Å². The smallest absolute Gasteiger partial charge is 0.351 e. The van der Waals surface area contributed by atoms with Gasteiger partial charge in [-0.15, -0.1) is 0 Å². The summed E-state index contributed by atoms with van der Waals surface area (Å²) in [7, 11) is -4.67. The number of aromatic amines is 1. The quantitative estimate of drug-likeness (QED) is 0.739. The number of H-pyrrole nitrogens is 1. The molecule has 0 aliphatic rings. The fourth-order valence-corrected chi connectivity index (χ4v) is 1.91. The summed E-state index contributed by atoms with van der Waals surface area (Å²) in [5, 5.41) is 0. The van der Waals surface area contributed by atoms with E-state index < -0.39 is 10.4 Å². The Morgan fingerprint density at radius 1 is 1.25 bits per heavy atom. The first-order valence-corrected chi connectivity index (χ1v) is 7.34. The zero-order chi connectivity index (χ0) is 15.3. The zero-order valence-corrected chi connectivity index (χ0v) is 12.3. The Kier molecular flexibility index (Phi) is 5.43. The van der Waals surface area contributed by atoms with E-state index >= 15 is 0 Å². The average Bonchev–Trinajstić information content (AvgIpc) is 2.83. The summed E-state index contributed by atoms with van der Waals surface area (Å²) in [6, 6.07) is 6.44. The summed E-state index contributed by atoms with van der Waals surface area (Å²) >= 11 is 0. The topological polar surface area (TPSA) is 103 Å². The third-order valence-corrected chi connectivity index (χ3v) is 3.08. The van der Waals surface area contributed by atoms with Gasteiger partial charge in [-0.05, 0) is 30.5 Å². The van der Waals surface area contributed by atoms with Gasteiger partial charge in [-0.3, -0.25) is 9.11 Å². The Morgan fingerprint density at radius 2 is 1.85 bits per heavy atom. The van der Waals surface area contributed by atoms with Gasteiger partial charge in [0.15, 0.2) is 0 Å². The summed E-state index contributed by atoms with van der Waals surface area (Å²) in [4.78, 5) is 7.31. The molecule has 0 saturated heterocycles. The predicted octanol–water partition coefficient (Wildman–Crippen LogP) is 2.53. The second kappa shape index (κ2) is 6.65. The second-order valence-electron chi connectivity index (χ2n) is 4.45. The Morgan fingerprint density at radius 3 is 2.35 bits per heavy atom. The largest absolute Gasteiger partial charge is 0.394 e. The van der Waals surface area contributed by atoms with Gasteiger partial charge in [0.25, 0.3) is 0 Å². The maximum absolute atomic E-state index is 8.74. The van der Waals surface area contributed by atoms with E-state index in [9.17, 15) is 0 Å². The van der Waals surface area contributed by atoms with Gasteiger partial charge >= 0.3 is 10.4 Å². The van der Waals surface area contributed by atoms with E-state index in [1.54, 1.807) is 6.33 Å². The lowest BCUT2D eigenvalue weighted by molar-refractivity contribution is 0.381. The Labute approximate surface area is 118 Å². The molecule has 1 aromatic carbocycles. The Bertz CT molecular complexity index is 643. The number of aryl methyl sites for hydroxylation is 1. The number of rotatable bonds is 2. The van der Waals surface area contributed by atoms with Crippen LogP contribution < -0.4 is 0 Å². The molecule has 1 atom stereocenters. The van der Waals surface area contributed by atoms with E-state index in [1.807, 2.05) is 6.20 Å². The lowest BCUT2D eigenvalue weighted by atomic mass is 9.92. The van der Waals surface area contributed by atoms with Gasteiger partial charge < -0.3 is 4.98 Å². The van der Waals surface area contributed by atoms with E-state index in [0.717, 1.165) is 5.69 Å². The molecule has 0 spiro atoms. The zero-order valence-electron chi connectivity index (χ0n) is 11.5. The van der Waals surface area contributed by atoms with Gasteiger partial charge in [0, 0.05) is 12.1 Å². The van der Waals surface area contributed by atoms with E-state index in [0.29, 0.717) is 5.92 Å². The van der Waals surface area contributed by atoms with Crippen LogP contribution in [0.5, 0.6) is 0 Å². The number of nitrogens with one attached hydrogen (secondary N) is 1. The maximum atomic E-state index is 8.74. The van der Waals surface area contributed by atoms with E-state index in [4.69, 9.17) is 17.5 Å². The first-order valence-electron chi connectivity index (χ1n) is 5.95. The lowest BCUT2D eigenvalue weighted by Gasteiger charge is -2.14. The van der Waals surface area contributed by atoms with Crippen molar-refractivity contribution in [1.29, 1.82) is 0 Å². The second-order valence-corrected chi connectivity index (χ2v) is 5.35. The number of nitrogens with zero attached hydrogens (tertiary/aromatic N) is 1. The van der Waals surface area contributed by atoms with Crippen molar-refractivity contribution in [2.75, 3.05) is 0 Å². The van der Waals surface area contributed by atoms with Crippen LogP contribution in [0.2, 0.25) is 0 Å². The number of hydrogen-bond acceptors (Lipinski definition) is 3. The highest BCUT2D eigenvalue weighted by atomic mass is 32.3. The maximum Gasteiger partial charge on any atom is 0.394 e. The summed E-state index contributed by atoms with van der Waals surface area (Å²) in [6.07, 6.45) is 3.70. The van der Waals surface area contributed by atoms with Crippen molar-refractivity contribution < 1.29 is 17.5 Å². The minimum atomic E-state index is -4.67. The summed E-state index contributed by atoms with van der Waals surface area (Å²) in [5.74, 6) is 0.358. The van der Waals surface area contributed by atoms with Crippen molar-refractivity contribution >= 4 is 10.4 Å². The van der Waals surface area contributed by atoms with Crippen molar-refractivity contribution in [2.24, 2.45) is 0 Å². The predicted molar refractivity (Wildman–Crippen MR) is 76.2 cm³/mol. The van der Waals surface area contributed by atoms with Gasteiger partial charge in [-0.2, -0.15) is 8.42 Å². The summed E-state index contributed by atoms with van der Waals surface area (Å²) in [6.45, 7) is 6.52. The molecule has 20 heavy (non-hydrogen) atoms. The van der Waals surface area contributed by atoms with Crippen LogP contribution in [0.1, 0.15) is 35.2 Å². The third-order valence-electron chi connectivity index (χ3n) is 3.08. The molecule has 0 radical (unpaired) electrons. The van der Waals surface area contributed by atoms with Crippen LogP contribution in [-0.2, 0) is 10.4 Å². The molecule has 1 heterocycles. The van der Waals surface area contributed by atoms with Crippen LogP contribution in [0, 0.1) is 13.8 Å². The molecule has 0 aliphatic carbocycles. The van der Waals surface area contributed by atoms with Crippen molar-refractivity contribution in [3.63, 3.8) is 0 Å². The molecular weight excluding hydrogens is 280 g/mol. The molecule has 7 heteroatoms. The van der Waals surface area contributed by atoms with Crippen molar-refractivity contribution in [2.45, 2.75) is 26.7 Å². The molecule has 2 rings (SSSR count). The summed E-state index contributed by atoms with van der Waals surface area (Å²) in [5.41, 5.74) is 5.17.